The minimum Gasteiger partial charge on any atom is -0.352 e. The monoisotopic (exact) mass is 372 g/mol. The lowest BCUT2D eigenvalue weighted by Gasteiger charge is -2.45. The number of rotatable bonds is 4. The molecule has 3 N–H and O–H groups in total. The third-order valence-electron chi connectivity index (χ3n) is 5.24. The Labute approximate surface area is 149 Å². The molecule has 0 aromatic heterocycles. The van der Waals surface area contributed by atoms with Gasteiger partial charge in [-0.05, 0) is 55.7 Å². The van der Waals surface area contributed by atoms with Crippen molar-refractivity contribution in [2.24, 2.45) is 17.6 Å². The van der Waals surface area contributed by atoms with E-state index in [1.807, 2.05) is 0 Å². The smallest absolute Gasteiger partial charge is 0.352 e. The fraction of sp³-hybridized carbons (Fsp3) is 0.611. The fourth-order valence-electron chi connectivity index (χ4n) is 4.16. The van der Waals surface area contributed by atoms with Gasteiger partial charge in [0.25, 0.3) is 0 Å². The van der Waals surface area contributed by atoms with E-state index in [1.165, 1.54) is 12.5 Å². The first-order valence-electron chi connectivity index (χ1n) is 8.68. The van der Waals surface area contributed by atoms with Gasteiger partial charge in [0.15, 0.2) is 0 Å². The van der Waals surface area contributed by atoms with Crippen LogP contribution in [-0.4, -0.2) is 23.7 Å². The lowest BCUT2D eigenvalue weighted by Crippen LogP contribution is -2.54. The molecule has 1 aromatic rings. The van der Waals surface area contributed by atoms with Crippen molar-refractivity contribution in [1.29, 1.82) is 0 Å². The SMILES string of the molecule is NC1CC2CCCC(C1)C2NC(=O)CSc1cccc(C(F)(F)F)c1. The second-order valence-electron chi connectivity index (χ2n) is 7.09. The standard InChI is InChI=1S/C18H23F3N2OS/c19-18(20,21)13-5-2-6-15(9-13)25-10-16(24)23-17-11-3-1-4-12(17)8-14(22)7-11/h2,5-6,9,11-12,14,17H,1,3-4,7-8,10,22H2,(H,23,24). The Kier molecular flexibility index (Phi) is 5.63. The molecule has 2 atom stereocenters. The van der Waals surface area contributed by atoms with Crippen molar-refractivity contribution in [3.63, 3.8) is 0 Å². The molecule has 2 aliphatic rings. The molecule has 0 heterocycles. The van der Waals surface area contributed by atoms with Crippen molar-refractivity contribution < 1.29 is 18.0 Å². The summed E-state index contributed by atoms with van der Waals surface area (Å²) >= 11 is 1.14. The van der Waals surface area contributed by atoms with Crippen molar-refractivity contribution in [3.05, 3.63) is 29.8 Å². The average Bonchev–Trinajstić information content (AvgIpc) is 2.53. The Morgan fingerprint density at radius 3 is 2.56 bits per heavy atom. The number of hydrogen-bond acceptors (Lipinski definition) is 3. The van der Waals surface area contributed by atoms with E-state index in [1.54, 1.807) is 6.07 Å². The highest BCUT2D eigenvalue weighted by Gasteiger charge is 2.39. The van der Waals surface area contributed by atoms with Crippen molar-refractivity contribution in [1.82, 2.24) is 5.32 Å². The minimum atomic E-state index is -4.36. The van der Waals surface area contributed by atoms with Gasteiger partial charge in [0.2, 0.25) is 5.91 Å². The van der Waals surface area contributed by atoms with E-state index in [9.17, 15) is 18.0 Å². The lowest BCUT2D eigenvalue weighted by molar-refractivity contribution is -0.137. The predicted octanol–water partition coefficient (Wildman–Crippen LogP) is 3.82. The first-order chi connectivity index (χ1) is 11.8. The molecule has 3 rings (SSSR count). The van der Waals surface area contributed by atoms with Crippen molar-refractivity contribution >= 4 is 17.7 Å². The molecule has 0 saturated heterocycles. The van der Waals surface area contributed by atoms with Gasteiger partial charge in [-0.2, -0.15) is 13.2 Å². The molecule has 0 radical (unpaired) electrons. The number of alkyl halides is 3. The van der Waals surface area contributed by atoms with Crippen LogP contribution in [0.2, 0.25) is 0 Å². The summed E-state index contributed by atoms with van der Waals surface area (Å²) in [7, 11) is 0. The number of fused-ring (bicyclic) bond motifs is 2. The van der Waals surface area contributed by atoms with Crippen molar-refractivity contribution in [2.75, 3.05) is 5.75 Å². The van der Waals surface area contributed by atoms with Crippen LogP contribution in [0.5, 0.6) is 0 Å². The summed E-state index contributed by atoms with van der Waals surface area (Å²) in [5, 5.41) is 3.12. The van der Waals surface area contributed by atoms with E-state index in [-0.39, 0.29) is 23.7 Å². The molecule has 2 unspecified atom stereocenters. The molecule has 2 fully saturated rings. The van der Waals surface area contributed by atoms with E-state index < -0.39 is 11.7 Å². The van der Waals surface area contributed by atoms with Crippen LogP contribution in [0.4, 0.5) is 13.2 Å². The summed E-state index contributed by atoms with van der Waals surface area (Å²) in [6.07, 6.45) is 0.904. The first kappa shape index (κ1) is 18.6. The highest BCUT2D eigenvalue weighted by molar-refractivity contribution is 8.00. The van der Waals surface area contributed by atoms with Gasteiger partial charge < -0.3 is 11.1 Å². The van der Waals surface area contributed by atoms with E-state index >= 15 is 0 Å². The van der Waals surface area contributed by atoms with Crippen LogP contribution in [0.25, 0.3) is 0 Å². The summed E-state index contributed by atoms with van der Waals surface area (Å²) in [6, 6.07) is 5.49. The first-order valence-corrected chi connectivity index (χ1v) is 9.66. The van der Waals surface area contributed by atoms with Gasteiger partial charge in [0.1, 0.15) is 0 Å². The zero-order valence-electron chi connectivity index (χ0n) is 13.9. The van der Waals surface area contributed by atoms with Gasteiger partial charge in [0.05, 0.1) is 11.3 Å². The molecule has 1 aromatic carbocycles. The summed E-state index contributed by atoms with van der Waals surface area (Å²) in [5.41, 5.74) is 5.41. The van der Waals surface area contributed by atoms with Gasteiger partial charge in [-0.25, -0.2) is 0 Å². The topological polar surface area (TPSA) is 55.1 Å². The van der Waals surface area contributed by atoms with Crippen LogP contribution in [0, 0.1) is 11.8 Å². The number of carbonyl (C=O) groups is 1. The van der Waals surface area contributed by atoms with Gasteiger partial charge in [0, 0.05) is 17.0 Å². The van der Waals surface area contributed by atoms with Crippen LogP contribution in [0.1, 0.15) is 37.7 Å². The Bertz CT molecular complexity index is 609. The molecule has 138 valence electrons. The Hall–Kier alpha value is -1.21. The van der Waals surface area contributed by atoms with Crippen molar-refractivity contribution in [3.8, 4) is 0 Å². The maximum Gasteiger partial charge on any atom is 0.416 e. The van der Waals surface area contributed by atoms with Gasteiger partial charge in [-0.15, -0.1) is 11.8 Å². The number of halogens is 3. The third kappa shape index (κ3) is 4.70. The van der Waals surface area contributed by atoms with E-state index in [2.05, 4.69) is 5.32 Å². The molecule has 2 aliphatic carbocycles. The predicted molar refractivity (Wildman–Crippen MR) is 92.1 cm³/mol. The van der Waals surface area contributed by atoms with E-state index in [4.69, 9.17) is 5.73 Å². The summed E-state index contributed by atoms with van der Waals surface area (Å²) in [5.74, 6) is 0.887. The van der Waals surface area contributed by atoms with Gasteiger partial charge >= 0.3 is 6.18 Å². The van der Waals surface area contributed by atoms with Gasteiger partial charge in [-0.3, -0.25) is 4.79 Å². The lowest BCUT2D eigenvalue weighted by atomic mass is 9.67. The number of carbonyl (C=O) groups excluding carboxylic acids is 1. The molecule has 3 nitrogen and oxygen atoms in total. The maximum atomic E-state index is 12.7. The normalized spacial score (nSPS) is 29.3. The second kappa shape index (κ2) is 7.58. The molecule has 0 spiro atoms. The fourth-order valence-corrected chi connectivity index (χ4v) is 4.93. The van der Waals surface area contributed by atoms with Crippen LogP contribution in [0.3, 0.4) is 0 Å². The van der Waals surface area contributed by atoms with Crippen LogP contribution >= 0.6 is 11.8 Å². The number of amides is 1. The molecule has 2 bridgehead atoms. The Morgan fingerprint density at radius 1 is 1.24 bits per heavy atom. The molecule has 7 heteroatoms. The highest BCUT2D eigenvalue weighted by atomic mass is 32.2. The number of thioether (sulfide) groups is 1. The molecular weight excluding hydrogens is 349 g/mol. The number of benzene rings is 1. The largest absolute Gasteiger partial charge is 0.416 e. The minimum absolute atomic E-state index is 0.111. The third-order valence-corrected chi connectivity index (χ3v) is 6.23. The molecule has 2 saturated carbocycles. The average molecular weight is 372 g/mol. The molecule has 1 amide bonds. The van der Waals surface area contributed by atoms with Crippen molar-refractivity contribution in [2.45, 2.75) is 55.3 Å². The highest BCUT2D eigenvalue weighted by Crippen LogP contribution is 2.39. The number of nitrogens with two attached hydrogens (primary N) is 1. The molecular formula is C18H23F3N2OS. The maximum absolute atomic E-state index is 12.7. The molecule has 25 heavy (non-hydrogen) atoms. The number of nitrogens with one attached hydrogen (secondary N) is 1. The summed E-state index contributed by atoms with van der Waals surface area (Å²) < 4.78 is 38.2. The quantitative estimate of drug-likeness (QED) is 0.790. The summed E-state index contributed by atoms with van der Waals surface area (Å²) in [4.78, 5) is 12.7. The Balaban J connectivity index is 1.55. The van der Waals surface area contributed by atoms with Crippen LogP contribution in [0.15, 0.2) is 29.2 Å². The second-order valence-corrected chi connectivity index (χ2v) is 8.14. The van der Waals surface area contributed by atoms with Crippen LogP contribution in [-0.2, 0) is 11.0 Å². The molecule has 0 aliphatic heterocycles. The zero-order valence-corrected chi connectivity index (χ0v) is 14.7. The van der Waals surface area contributed by atoms with Gasteiger partial charge in [-0.1, -0.05) is 12.5 Å². The van der Waals surface area contributed by atoms with E-state index in [0.29, 0.717) is 16.7 Å². The van der Waals surface area contributed by atoms with E-state index in [0.717, 1.165) is 49.6 Å². The number of hydrogen-bond donors (Lipinski definition) is 2. The zero-order chi connectivity index (χ0) is 18.0. The summed E-state index contributed by atoms with van der Waals surface area (Å²) in [6.45, 7) is 0. The Morgan fingerprint density at radius 2 is 1.92 bits per heavy atom. The van der Waals surface area contributed by atoms with Crippen LogP contribution < -0.4 is 11.1 Å².